The van der Waals surface area contributed by atoms with Crippen molar-refractivity contribution < 1.29 is 18.8 Å². The van der Waals surface area contributed by atoms with Gasteiger partial charge in [0.2, 0.25) is 0 Å². The summed E-state index contributed by atoms with van der Waals surface area (Å²) in [5.41, 5.74) is 0.406. The van der Waals surface area contributed by atoms with Crippen LogP contribution in [0.5, 0.6) is 11.5 Å². The van der Waals surface area contributed by atoms with Crippen LogP contribution in [0.25, 0.3) is 0 Å². The fourth-order valence-electron chi connectivity index (χ4n) is 4.19. The number of nitrogens with zero attached hydrogens (tertiary/aromatic N) is 2. The third-order valence-electron chi connectivity index (χ3n) is 5.58. The van der Waals surface area contributed by atoms with E-state index in [4.69, 9.17) is 14.0 Å². The topological polar surface area (TPSA) is 64.8 Å². The van der Waals surface area contributed by atoms with Crippen molar-refractivity contribution in [2.45, 2.75) is 44.7 Å². The van der Waals surface area contributed by atoms with Gasteiger partial charge in [-0.15, -0.1) is 0 Å². The molecule has 1 aromatic heterocycles. The molecule has 26 heavy (non-hydrogen) atoms. The van der Waals surface area contributed by atoms with E-state index in [2.05, 4.69) is 5.16 Å². The molecule has 0 unspecified atom stereocenters. The van der Waals surface area contributed by atoms with Crippen LogP contribution in [0.2, 0.25) is 0 Å². The molecule has 1 aromatic carbocycles. The molecular formula is C20H24N2O4. The number of ether oxygens (including phenoxy) is 2. The van der Waals surface area contributed by atoms with Gasteiger partial charge in [-0.1, -0.05) is 12.1 Å². The molecule has 1 aliphatic heterocycles. The molecule has 0 spiro atoms. The zero-order chi connectivity index (χ0) is 18.1. The number of carbonyl (C=O) groups is 1. The molecule has 2 bridgehead atoms. The molecule has 138 valence electrons. The van der Waals surface area contributed by atoms with Crippen molar-refractivity contribution in [3.63, 3.8) is 0 Å². The van der Waals surface area contributed by atoms with Crippen molar-refractivity contribution in [2.75, 3.05) is 13.7 Å². The van der Waals surface area contributed by atoms with Crippen LogP contribution in [0.1, 0.15) is 42.4 Å². The van der Waals surface area contributed by atoms with E-state index in [0.29, 0.717) is 24.3 Å². The Labute approximate surface area is 153 Å². The normalized spacial score (nSPS) is 24.1. The number of aryl methyl sites for hydroxylation is 1. The Morgan fingerprint density at radius 1 is 1.27 bits per heavy atom. The predicted molar refractivity (Wildman–Crippen MR) is 95.5 cm³/mol. The quantitative estimate of drug-likeness (QED) is 0.794. The zero-order valence-corrected chi connectivity index (χ0v) is 15.2. The molecule has 1 amide bonds. The summed E-state index contributed by atoms with van der Waals surface area (Å²) in [6.07, 6.45) is 4.01. The van der Waals surface area contributed by atoms with Crippen LogP contribution in [-0.4, -0.2) is 41.8 Å². The van der Waals surface area contributed by atoms with Crippen LogP contribution >= 0.6 is 0 Å². The first kappa shape index (κ1) is 16.9. The summed E-state index contributed by atoms with van der Waals surface area (Å²) in [5.74, 6) is 2.79. The van der Waals surface area contributed by atoms with Crippen molar-refractivity contribution in [2.24, 2.45) is 5.92 Å². The lowest BCUT2D eigenvalue weighted by molar-refractivity contribution is 0.0496. The summed E-state index contributed by atoms with van der Waals surface area (Å²) < 4.78 is 16.4. The molecule has 6 heteroatoms. The highest BCUT2D eigenvalue weighted by molar-refractivity contribution is 5.93. The molecule has 1 saturated heterocycles. The minimum Gasteiger partial charge on any atom is -0.497 e. The van der Waals surface area contributed by atoms with E-state index in [0.717, 1.165) is 42.9 Å². The van der Waals surface area contributed by atoms with Crippen LogP contribution in [0, 0.1) is 5.92 Å². The second kappa shape index (κ2) is 7.02. The van der Waals surface area contributed by atoms with Gasteiger partial charge in [0.15, 0.2) is 5.69 Å². The van der Waals surface area contributed by atoms with Crippen molar-refractivity contribution in [1.82, 2.24) is 10.1 Å². The van der Waals surface area contributed by atoms with E-state index >= 15 is 0 Å². The molecule has 2 aliphatic rings. The Kier molecular flexibility index (Phi) is 4.57. The maximum Gasteiger partial charge on any atom is 0.276 e. The van der Waals surface area contributed by atoms with Crippen LogP contribution in [0.4, 0.5) is 0 Å². The highest BCUT2D eigenvalue weighted by Crippen LogP contribution is 2.43. The fraction of sp³-hybridized carbons (Fsp3) is 0.500. The van der Waals surface area contributed by atoms with Gasteiger partial charge >= 0.3 is 0 Å². The average molecular weight is 356 g/mol. The maximum absolute atomic E-state index is 13.0. The van der Waals surface area contributed by atoms with Crippen LogP contribution in [0.15, 0.2) is 34.9 Å². The smallest absolute Gasteiger partial charge is 0.276 e. The minimum absolute atomic E-state index is 0.0380. The first-order chi connectivity index (χ1) is 12.7. The number of carbonyl (C=O) groups excluding carboxylic acids is 1. The molecule has 0 N–H and O–H groups in total. The molecule has 2 fully saturated rings. The Balaban J connectivity index is 1.47. The summed E-state index contributed by atoms with van der Waals surface area (Å²) in [5, 5.41) is 3.97. The molecular weight excluding hydrogens is 332 g/mol. The molecule has 3 atom stereocenters. The number of benzene rings is 1. The first-order valence-electron chi connectivity index (χ1n) is 9.24. The molecule has 4 rings (SSSR count). The SMILES string of the molecule is CCc1cc(C(=O)N2[C@H]3CC[C@@H](C3)[C@H]2COc2ccc(OC)cc2)no1. The van der Waals surface area contributed by atoms with Gasteiger partial charge in [-0.05, 0) is 49.4 Å². The average Bonchev–Trinajstić information content (AvgIpc) is 3.41. The number of methoxy groups -OCH3 is 1. The third-order valence-corrected chi connectivity index (χ3v) is 5.58. The number of hydrogen-bond donors (Lipinski definition) is 0. The molecule has 1 aliphatic carbocycles. The first-order valence-corrected chi connectivity index (χ1v) is 9.24. The van der Waals surface area contributed by atoms with Crippen molar-refractivity contribution >= 4 is 5.91 Å². The van der Waals surface area contributed by atoms with E-state index in [9.17, 15) is 4.79 Å². The van der Waals surface area contributed by atoms with E-state index < -0.39 is 0 Å². The lowest BCUT2D eigenvalue weighted by atomic mass is 9.99. The van der Waals surface area contributed by atoms with Crippen LogP contribution in [-0.2, 0) is 6.42 Å². The fourth-order valence-corrected chi connectivity index (χ4v) is 4.19. The highest BCUT2D eigenvalue weighted by Gasteiger charge is 2.49. The monoisotopic (exact) mass is 356 g/mol. The van der Waals surface area contributed by atoms with Crippen molar-refractivity contribution in [3.05, 3.63) is 41.8 Å². The number of rotatable bonds is 6. The Bertz CT molecular complexity index is 770. The highest BCUT2D eigenvalue weighted by atomic mass is 16.5. The van der Waals surface area contributed by atoms with Gasteiger partial charge in [-0.2, -0.15) is 0 Å². The zero-order valence-electron chi connectivity index (χ0n) is 15.2. The summed E-state index contributed by atoms with van der Waals surface area (Å²) in [6.45, 7) is 2.48. The van der Waals surface area contributed by atoms with Crippen molar-refractivity contribution in [3.8, 4) is 11.5 Å². The number of piperidine rings is 1. The van der Waals surface area contributed by atoms with Gasteiger partial charge in [-0.3, -0.25) is 4.79 Å². The number of hydrogen-bond acceptors (Lipinski definition) is 5. The van der Waals surface area contributed by atoms with E-state index in [1.54, 1.807) is 13.2 Å². The van der Waals surface area contributed by atoms with Crippen molar-refractivity contribution in [1.29, 1.82) is 0 Å². The number of fused-ring (bicyclic) bond motifs is 2. The second-order valence-electron chi connectivity index (χ2n) is 7.03. The van der Waals surface area contributed by atoms with Gasteiger partial charge in [0.25, 0.3) is 5.91 Å². The molecule has 6 nitrogen and oxygen atoms in total. The maximum atomic E-state index is 13.0. The van der Waals surface area contributed by atoms with E-state index in [-0.39, 0.29) is 11.9 Å². The molecule has 2 aromatic rings. The predicted octanol–water partition coefficient (Wildman–Crippen LogP) is 3.32. The number of amides is 1. The van der Waals surface area contributed by atoms with Gasteiger partial charge in [0, 0.05) is 18.5 Å². The summed E-state index contributed by atoms with van der Waals surface area (Å²) >= 11 is 0. The van der Waals surface area contributed by atoms with E-state index in [1.165, 1.54) is 0 Å². The lowest BCUT2D eigenvalue weighted by Crippen LogP contribution is -2.47. The van der Waals surface area contributed by atoms with Gasteiger partial charge in [0.05, 0.1) is 13.2 Å². The summed E-state index contributed by atoms with van der Waals surface area (Å²) in [6, 6.07) is 9.67. The van der Waals surface area contributed by atoms with Gasteiger partial charge < -0.3 is 18.9 Å². The Hall–Kier alpha value is -2.50. The number of aromatic nitrogens is 1. The van der Waals surface area contributed by atoms with E-state index in [1.807, 2.05) is 36.1 Å². The van der Waals surface area contributed by atoms with Gasteiger partial charge in [-0.25, -0.2) is 0 Å². The standard InChI is InChI=1S/C20H24N2O4/c1-3-15-11-18(21-26-15)20(23)22-14-5-4-13(10-14)19(22)12-25-17-8-6-16(24-2)7-9-17/h6-9,11,13-14,19H,3-5,10,12H2,1-2H3/t13-,14-,19+/m0/s1. The Morgan fingerprint density at radius 2 is 2.04 bits per heavy atom. The molecule has 1 saturated carbocycles. The lowest BCUT2D eigenvalue weighted by Gasteiger charge is -2.34. The number of likely N-dealkylation sites (tertiary alicyclic amines) is 1. The van der Waals surface area contributed by atoms with Crippen LogP contribution in [0.3, 0.4) is 0 Å². The summed E-state index contributed by atoms with van der Waals surface area (Å²) in [4.78, 5) is 15.0. The van der Waals surface area contributed by atoms with Crippen LogP contribution < -0.4 is 9.47 Å². The third kappa shape index (κ3) is 3.04. The van der Waals surface area contributed by atoms with Gasteiger partial charge in [0.1, 0.15) is 23.9 Å². The molecule has 0 radical (unpaired) electrons. The minimum atomic E-state index is -0.0380. The largest absolute Gasteiger partial charge is 0.497 e. The molecule has 2 heterocycles. The summed E-state index contributed by atoms with van der Waals surface area (Å²) in [7, 11) is 1.64. The second-order valence-corrected chi connectivity index (χ2v) is 7.03. The Morgan fingerprint density at radius 3 is 2.73 bits per heavy atom.